The predicted molar refractivity (Wildman–Crippen MR) is 116 cm³/mol. The molecule has 8 heteroatoms. The van der Waals surface area contributed by atoms with Gasteiger partial charge in [0.2, 0.25) is 5.91 Å². The van der Waals surface area contributed by atoms with E-state index in [0.29, 0.717) is 6.54 Å². The number of benzene rings is 1. The van der Waals surface area contributed by atoms with Crippen molar-refractivity contribution in [2.24, 2.45) is 0 Å². The molecule has 1 unspecified atom stereocenters. The standard InChI is InChI=1S/C23H32N4O4/c1-17-13-19(31-24-17)15-25-9-11-26(12-10-25)16-23(28)27-8-4-5-21(27)20-14-18(29-2)6-7-22(20)30-3/h6-7,13-14,21H,4-5,8-12,15-16H2,1-3H3. The van der Waals surface area contributed by atoms with E-state index in [2.05, 4.69) is 15.0 Å². The molecule has 1 aromatic carbocycles. The van der Waals surface area contributed by atoms with Crippen molar-refractivity contribution in [2.45, 2.75) is 32.4 Å². The third-order valence-electron chi connectivity index (χ3n) is 6.25. The molecule has 168 valence electrons. The first-order valence-electron chi connectivity index (χ1n) is 11.0. The van der Waals surface area contributed by atoms with Gasteiger partial charge in [-0.25, -0.2) is 0 Å². The van der Waals surface area contributed by atoms with Crippen molar-refractivity contribution >= 4 is 5.91 Å². The number of hydrogen-bond acceptors (Lipinski definition) is 7. The molecule has 0 saturated carbocycles. The molecule has 0 aliphatic carbocycles. The summed E-state index contributed by atoms with van der Waals surface area (Å²) in [5.74, 6) is 2.68. The van der Waals surface area contributed by atoms with Gasteiger partial charge in [-0.15, -0.1) is 0 Å². The van der Waals surface area contributed by atoms with Gasteiger partial charge in [-0.2, -0.15) is 0 Å². The van der Waals surface area contributed by atoms with E-state index in [1.807, 2.05) is 36.1 Å². The molecule has 0 bridgehead atoms. The number of methoxy groups -OCH3 is 2. The molecule has 31 heavy (non-hydrogen) atoms. The minimum atomic E-state index is 0.0357. The minimum absolute atomic E-state index is 0.0357. The van der Waals surface area contributed by atoms with Crippen LogP contribution in [-0.4, -0.2) is 79.3 Å². The third-order valence-corrected chi connectivity index (χ3v) is 6.25. The van der Waals surface area contributed by atoms with Crippen LogP contribution in [-0.2, 0) is 11.3 Å². The summed E-state index contributed by atoms with van der Waals surface area (Å²) < 4.78 is 16.3. The van der Waals surface area contributed by atoms with Crippen LogP contribution >= 0.6 is 0 Å². The maximum Gasteiger partial charge on any atom is 0.237 e. The van der Waals surface area contributed by atoms with Gasteiger partial charge in [0.15, 0.2) is 5.76 Å². The SMILES string of the molecule is COc1ccc(OC)c(C2CCCN2C(=O)CN2CCN(Cc3cc(C)no3)CC2)c1. The molecule has 3 heterocycles. The molecule has 1 amide bonds. The van der Waals surface area contributed by atoms with E-state index in [9.17, 15) is 4.79 Å². The van der Waals surface area contributed by atoms with Crippen molar-refractivity contribution in [3.63, 3.8) is 0 Å². The summed E-state index contributed by atoms with van der Waals surface area (Å²) in [7, 11) is 3.33. The highest BCUT2D eigenvalue weighted by Gasteiger charge is 2.33. The molecule has 1 aromatic heterocycles. The summed E-state index contributed by atoms with van der Waals surface area (Å²) in [4.78, 5) is 19.8. The second-order valence-electron chi connectivity index (χ2n) is 8.34. The fourth-order valence-electron chi connectivity index (χ4n) is 4.59. The zero-order chi connectivity index (χ0) is 21.8. The first-order valence-corrected chi connectivity index (χ1v) is 11.0. The topological polar surface area (TPSA) is 71.3 Å². The summed E-state index contributed by atoms with van der Waals surface area (Å²) in [5.41, 5.74) is 1.94. The van der Waals surface area contributed by atoms with E-state index in [4.69, 9.17) is 14.0 Å². The average Bonchev–Trinajstić information content (AvgIpc) is 3.43. The van der Waals surface area contributed by atoms with E-state index >= 15 is 0 Å². The van der Waals surface area contributed by atoms with Crippen molar-refractivity contribution in [1.82, 2.24) is 19.9 Å². The average molecular weight is 429 g/mol. The van der Waals surface area contributed by atoms with Gasteiger partial charge in [0.25, 0.3) is 0 Å². The number of aromatic nitrogens is 1. The smallest absolute Gasteiger partial charge is 0.237 e. The Balaban J connectivity index is 1.34. The fourth-order valence-corrected chi connectivity index (χ4v) is 4.59. The second kappa shape index (κ2) is 9.70. The number of carbonyl (C=O) groups excluding carboxylic acids is 1. The molecule has 2 saturated heterocycles. The Kier molecular flexibility index (Phi) is 6.77. The number of nitrogens with zero attached hydrogens (tertiary/aromatic N) is 4. The quantitative estimate of drug-likeness (QED) is 0.671. The Labute approximate surface area is 183 Å². The van der Waals surface area contributed by atoms with Gasteiger partial charge in [-0.1, -0.05) is 5.16 Å². The highest BCUT2D eigenvalue weighted by atomic mass is 16.5. The monoisotopic (exact) mass is 428 g/mol. The molecule has 2 aliphatic rings. The fraction of sp³-hybridized carbons (Fsp3) is 0.565. The van der Waals surface area contributed by atoms with Crippen molar-refractivity contribution in [2.75, 3.05) is 53.5 Å². The molecule has 8 nitrogen and oxygen atoms in total. The lowest BCUT2D eigenvalue weighted by atomic mass is 10.0. The number of ether oxygens (including phenoxy) is 2. The molecule has 1 atom stereocenters. The van der Waals surface area contributed by atoms with E-state index < -0.39 is 0 Å². The maximum atomic E-state index is 13.2. The number of amides is 1. The summed E-state index contributed by atoms with van der Waals surface area (Å²) in [6.45, 7) is 7.53. The summed E-state index contributed by atoms with van der Waals surface area (Å²) >= 11 is 0. The Morgan fingerprint density at radius 3 is 2.55 bits per heavy atom. The van der Waals surface area contributed by atoms with Crippen LogP contribution in [0.3, 0.4) is 0 Å². The van der Waals surface area contributed by atoms with Gasteiger partial charge in [-0.3, -0.25) is 14.6 Å². The van der Waals surface area contributed by atoms with Gasteiger partial charge in [-0.05, 0) is 38.0 Å². The lowest BCUT2D eigenvalue weighted by molar-refractivity contribution is -0.133. The first-order chi connectivity index (χ1) is 15.1. The number of carbonyl (C=O) groups is 1. The van der Waals surface area contributed by atoms with E-state index in [1.54, 1.807) is 14.2 Å². The number of likely N-dealkylation sites (tertiary alicyclic amines) is 1. The zero-order valence-corrected chi connectivity index (χ0v) is 18.7. The van der Waals surface area contributed by atoms with Gasteiger partial charge < -0.3 is 18.9 Å². The van der Waals surface area contributed by atoms with Crippen LogP contribution in [0.15, 0.2) is 28.8 Å². The van der Waals surface area contributed by atoms with Crippen LogP contribution in [0.1, 0.15) is 35.9 Å². The van der Waals surface area contributed by atoms with E-state index in [0.717, 1.165) is 80.6 Å². The van der Waals surface area contributed by atoms with Crippen LogP contribution in [0.5, 0.6) is 11.5 Å². The van der Waals surface area contributed by atoms with E-state index in [-0.39, 0.29) is 11.9 Å². The molecule has 0 spiro atoms. The first kappa shape index (κ1) is 21.6. The zero-order valence-electron chi connectivity index (χ0n) is 18.7. The number of piperazine rings is 1. The van der Waals surface area contributed by atoms with E-state index in [1.165, 1.54) is 0 Å². The molecule has 2 aliphatic heterocycles. The normalized spacial score (nSPS) is 20.2. The maximum absolute atomic E-state index is 13.2. The third kappa shape index (κ3) is 5.02. The lowest BCUT2D eigenvalue weighted by Gasteiger charge is -2.35. The van der Waals surface area contributed by atoms with Gasteiger partial charge >= 0.3 is 0 Å². The lowest BCUT2D eigenvalue weighted by Crippen LogP contribution is -2.49. The molecular weight excluding hydrogens is 396 g/mol. The second-order valence-corrected chi connectivity index (χ2v) is 8.34. The largest absolute Gasteiger partial charge is 0.497 e. The molecule has 0 N–H and O–H groups in total. The van der Waals surface area contributed by atoms with Crippen molar-refractivity contribution in [3.8, 4) is 11.5 Å². The Hall–Kier alpha value is -2.58. The number of aryl methyl sites for hydroxylation is 1. The Morgan fingerprint density at radius 2 is 1.87 bits per heavy atom. The van der Waals surface area contributed by atoms with Crippen LogP contribution in [0.2, 0.25) is 0 Å². The highest BCUT2D eigenvalue weighted by molar-refractivity contribution is 5.79. The van der Waals surface area contributed by atoms with Crippen LogP contribution < -0.4 is 9.47 Å². The minimum Gasteiger partial charge on any atom is -0.497 e. The molecule has 2 aromatic rings. The summed E-state index contributed by atoms with van der Waals surface area (Å²) in [6.07, 6.45) is 1.95. The highest BCUT2D eigenvalue weighted by Crippen LogP contribution is 2.39. The van der Waals surface area contributed by atoms with Crippen LogP contribution in [0.25, 0.3) is 0 Å². The Bertz CT molecular complexity index is 891. The van der Waals surface area contributed by atoms with Crippen molar-refractivity contribution < 1.29 is 18.8 Å². The molecule has 4 rings (SSSR count). The van der Waals surface area contributed by atoms with Crippen molar-refractivity contribution in [1.29, 1.82) is 0 Å². The van der Waals surface area contributed by atoms with Gasteiger partial charge in [0.1, 0.15) is 11.5 Å². The number of rotatable bonds is 7. The van der Waals surface area contributed by atoms with Gasteiger partial charge in [0, 0.05) is 44.4 Å². The number of hydrogen-bond donors (Lipinski definition) is 0. The van der Waals surface area contributed by atoms with Crippen LogP contribution in [0.4, 0.5) is 0 Å². The van der Waals surface area contributed by atoms with Crippen molar-refractivity contribution in [3.05, 3.63) is 41.3 Å². The molecule has 0 radical (unpaired) electrons. The molecular formula is C23H32N4O4. The summed E-state index contributed by atoms with van der Waals surface area (Å²) in [6, 6.07) is 7.83. The molecule has 2 fully saturated rings. The summed E-state index contributed by atoms with van der Waals surface area (Å²) in [5, 5.41) is 3.96. The predicted octanol–water partition coefficient (Wildman–Crippen LogP) is 2.48. The van der Waals surface area contributed by atoms with Crippen LogP contribution in [0, 0.1) is 6.92 Å². The Morgan fingerprint density at radius 1 is 1.10 bits per heavy atom. The van der Waals surface area contributed by atoms with Gasteiger partial charge in [0.05, 0.1) is 39.0 Å².